The number of nitrogens with one attached hydrogen (secondary N) is 3. The number of aromatic amines is 1. The highest BCUT2D eigenvalue weighted by Crippen LogP contribution is 2.21. The third-order valence-electron chi connectivity index (χ3n) is 3.57. The summed E-state index contributed by atoms with van der Waals surface area (Å²) in [7, 11) is -3.77. The number of benzene rings is 1. The predicted molar refractivity (Wildman–Crippen MR) is 94.5 cm³/mol. The zero-order chi connectivity index (χ0) is 18.0. The van der Waals surface area contributed by atoms with Gasteiger partial charge in [-0.1, -0.05) is 6.07 Å². The third-order valence-corrected chi connectivity index (χ3v) is 4.48. The molecule has 1 aromatic carbocycles. The summed E-state index contributed by atoms with van der Waals surface area (Å²) in [5.74, 6) is 1.54. The molecule has 0 bridgehead atoms. The Balaban J connectivity index is 1.82. The summed E-state index contributed by atoms with van der Waals surface area (Å²) < 4.78 is 22.9. The number of aryl methyl sites for hydroxylation is 1. The molecule has 0 saturated heterocycles. The van der Waals surface area contributed by atoms with Crippen LogP contribution in [0.2, 0.25) is 0 Å². The second-order valence-corrected chi connectivity index (χ2v) is 6.97. The molecular formula is C15H17N7O2S. The second kappa shape index (κ2) is 6.49. The van der Waals surface area contributed by atoms with Gasteiger partial charge in [-0.2, -0.15) is 10.1 Å². The second-order valence-electron chi connectivity index (χ2n) is 5.41. The van der Waals surface area contributed by atoms with E-state index >= 15 is 0 Å². The van der Waals surface area contributed by atoms with Crippen molar-refractivity contribution in [1.29, 1.82) is 0 Å². The van der Waals surface area contributed by atoms with Crippen LogP contribution in [0.4, 0.5) is 23.3 Å². The summed E-state index contributed by atoms with van der Waals surface area (Å²) in [5, 5.41) is 18.3. The number of H-pyrrole nitrogens is 1. The zero-order valence-corrected chi connectivity index (χ0v) is 14.4. The van der Waals surface area contributed by atoms with E-state index in [-0.39, 0.29) is 4.90 Å². The summed E-state index contributed by atoms with van der Waals surface area (Å²) in [4.78, 5) is 8.47. The molecule has 0 saturated carbocycles. The van der Waals surface area contributed by atoms with E-state index in [1.54, 1.807) is 24.4 Å². The summed E-state index contributed by atoms with van der Waals surface area (Å²) in [6, 6.07) is 7.82. The molecule has 0 aliphatic carbocycles. The minimum Gasteiger partial charge on any atom is -0.324 e. The number of hydrogen-bond donors (Lipinski definition) is 4. The maximum absolute atomic E-state index is 11.4. The lowest BCUT2D eigenvalue weighted by Gasteiger charge is -2.08. The highest BCUT2D eigenvalue weighted by molar-refractivity contribution is 7.89. The van der Waals surface area contributed by atoms with Crippen LogP contribution in [0.15, 0.2) is 41.4 Å². The largest absolute Gasteiger partial charge is 0.324 e. The summed E-state index contributed by atoms with van der Waals surface area (Å²) in [5.41, 5.74) is 2.47. The normalized spacial score (nSPS) is 11.3. The van der Waals surface area contributed by atoms with Crippen LogP contribution in [0.5, 0.6) is 0 Å². The molecule has 0 aliphatic heterocycles. The van der Waals surface area contributed by atoms with Gasteiger partial charge < -0.3 is 10.6 Å². The number of nitrogens with zero attached hydrogens (tertiary/aromatic N) is 3. The molecule has 9 nitrogen and oxygen atoms in total. The van der Waals surface area contributed by atoms with Crippen molar-refractivity contribution in [2.75, 3.05) is 10.6 Å². The maximum Gasteiger partial charge on any atom is 0.238 e. The van der Waals surface area contributed by atoms with Crippen molar-refractivity contribution in [3.05, 3.63) is 47.8 Å². The number of aromatic nitrogens is 4. The van der Waals surface area contributed by atoms with Gasteiger partial charge in [0.05, 0.1) is 4.90 Å². The Hall–Kier alpha value is -2.98. The van der Waals surface area contributed by atoms with Gasteiger partial charge in [0.2, 0.25) is 16.0 Å². The van der Waals surface area contributed by atoms with Crippen molar-refractivity contribution in [2.45, 2.75) is 18.7 Å². The first-order chi connectivity index (χ1) is 11.8. The van der Waals surface area contributed by atoms with Gasteiger partial charge in [-0.15, -0.1) is 0 Å². The molecule has 0 atom stereocenters. The number of hydrogen-bond acceptors (Lipinski definition) is 7. The Morgan fingerprint density at radius 1 is 1.16 bits per heavy atom. The first-order valence-corrected chi connectivity index (χ1v) is 8.89. The number of rotatable bonds is 5. The van der Waals surface area contributed by atoms with E-state index < -0.39 is 10.0 Å². The molecule has 3 aromatic rings. The Bertz CT molecular complexity index is 1010. The molecule has 0 radical (unpaired) electrons. The Labute approximate surface area is 144 Å². The van der Waals surface area contributed by atoms with Crippen LogP contribution >= 0.6 is 0 Å². The highest BCUT2D eigenvalue weighted by Gasteiger charge is 2.10. The quantitative estimate of drug-likeness (QED) is 0.546. The number of sulfonamides is 1. The van der Waals surface area contributed by atoms with E-state index in [0.717, 1.165) is 11.3 Å². The molecule has 0 spiro atoms. The zero-order valence-electron chi connectivity index (χ0n) is 13.6. The first-order valence-electron chi connectivity index (χ1n) is 7.34. The molecule has 2 aromatic heterocycles. The minimum atomic E-state index is -3.77. The van der Waals surface area contributed by atoms with Crippen LogP contribution in [0.25, 0.3) is 0 Å². The van der Waals surface area contributed by atoms with E-state index in [2.05, 4.69) is 30.8 Å². The molecule has 2 heterocycles. The molecule has 3 rings (SSSR count). The predicted octanol–water partition coefficient (Wildman–Crippen LogP) is 1.95. The lowest BCUT2D eigenvalue weighted by Crippen LogP contribution is -2.12. The van der Waals surface area contributed by atoms with Gasteiger partial charge >= 0.3 is 0 Å². The first kappa shape index (κ1) is 16.9. The van der Waals surface area contributed by atoms with Crippen molar-refractivity contribution in [3.63, 3.8) is 0 Å². The minimum absolute atomic E-state index is 0.00871. The van der Waals surface area contributed by atoms with Gasteiger partial charge in [-0.25, -0.2) is 18.5 Å². The summed E-state index contributed by atoms with van der Waals surface area (Å²) in [6.45, 7) is 3.87. The number of anilines is 4. The van der Waals surface area contributed by atoms with E-state index in [1.807, 2.05) is 13.8 Å². The summed E-state index contributed by atoms with van der Waals surface area (Å²) in [6.07, 6.45) is 1.58. The van der Waals surface area contributed by atoms with Crippen LogP contribution in [-0.2, 0) is 10.0 Å². The van der Waals surface area contributed by atoms with Gasteiger partial charge in [0.1, 0.15) is 5.82 Å². The fourth-order valence-electron chi connectivity index (χ4n) is 2.10. The fourth-order valence-corrected chi connectivity index (χ4v) is 2.66. The third kappa shape index (κ3) is 3.92. The topological polar surface area (TPSA) is 139 Å². The Morgan fingerprint density at radius 3 is 2.64 bits per heavy atom. The van der Waals surface area contributed by atoms with E-state index in [9.17, 15) is 8.42 Å². The van der Waals surface area contributed by atoms with E-state index in [4.69, 9.17) is 5.14 Å². The average molecular weight is 359 g/mol. The standard InChI is InChI=1S/C15H17N7O2S/c1-9-10(2)21-22-14(9)19-13-6-7-17-15(20-13)18-11-4-3-5-12(8-11)25(16,23)24/h3-8H,1-2H3,(H2,16,23,24)(H3,17,18,19,20,21,22). The molecule has 0 amide bonds. The lowest BCUT2D eigenvalue weighted by atomic mass is 10.3. The van der Waals surface area contributed by atoms with Crippen molar-refractivity contribution in [3.8, 4) is 0 Å². The molecule has 0 fully saturated rings. The molecule has 5 N–H and O–H groups in total. The number of primary sulfonamides is 1. The van der Waals surface area contributed by atoms with Gasteiger partial charge in [-0.05, 0) is 38.1 Å². The van der Waals surface area contributed by atoms with E-state index in [0.29, 0.717) is 23.3 Å². The molecular weight excluding hydrogens is 342 g/mol. The molecule has 130 valence electrons. The average Bonchev–Trinajstić information content (AvgIpc) is 2.87. The van der Waals surface area contributed by atoms with Gasteiger partial charge in [0, 0.05) is 23.1 Å². The Morgan fingerprint density at radius 2 is 1.96 bits per heavy atom. The van der Waals surface area contributed by atoms with Crippen molar-refractivity contribution in [1.82, 2.24) is 20.2 Å². The van der Waals surface area contributed by atoms with Crippen LogP contribution in [0.3, 0.4) is 0 Å². The molecule has 0 aliphatic rings. The van der Waals surface area contributed by atoms with Crippen LogP contribution < -0.4 is 15.8 Å². The van der Waals surface area contributed by atoms with Crippen molar-refractivity contribution < 1.29 is 8.42 Å². The van der Waals surface area contributed by atoms with Gasteiger partial charge in [0.15, 0.2) is 5.82 Å². The fraction of sp³-hybridized carbons (Fsp3) is 0.133. The van der Waals surface area contributed by atoms with Crippen LogP contribution in [0.1, 0.15) is 11.3 Å². The lowest BCUT2D eigenvalue weighted by molar-refractivity contribution is 0.598. The van der Waals surface area contributed by atoms with Gasteiger partial charge in [0.25, 0.3) is 0 Å². The highest BCUT2D eigenvalue weighted by atomic mass is 32.2. The SMILES string of the molecule is Cc1[nH]nc(Nc2ccnc(Nc3cccc(S(N)(=O)=O)c3)n2)c1C. The monoisotopic (exact) mass is 359 g/mol. The van der Waals surface area contributed by atoms with E-state index in [1.165, 1.54) is 12.1 Å². The van der Waals surface area contributed by atoms with Crippen LogP contribution in [-0.4, -0.2) is 28.6 Å². The molecule has 10 heteroatoms. The van der Waals surface area contributed by atoms with Crippen molar-refractivity contribution in [2.24, 2.45) is 5.14 Å². The smallest absolute Gasteiger partial charge is 0.238 e. The Kier molecular flexibility index (Phi) is 4.38. The molecule has 0 unspecified atom stereocenters. The van der Waals surface area contributed by atoms with Gasteiger partial charge in [-0.3, -0.25) is 5.10 Å². The number of nitrogens with two attached hydrogens (primary N) is 1. The van der Waals surface area contributed by atoms with Crippen LogP contribution in [0, 0.1) is 13.8 Å². The summed E-state index contributed by atoms with van der Waals surface area (Å²) >= 11 is 0. The maximum atomic E-state index is 11.4. The van der Waals surface area contributed by atoms with Crippen molar-refractivity contribution >= 4 is 33.3 Å². The molecule has 25 heavy (non-hydrogen) atoms.